The summed E-state index contributed by atoms with van der Waals surface area (Å²) < 4.78 is 5.45. The van der Waals surface area contributed by atoms with Gasteiger partial charge in [0.05, 0.1) is 7.11 Å². The van der Waals surface area contributed by atoms with E-state index in [9.17, 15) is 0 Å². The Balaban J connectivity index is 0.00000144. The van der Waals surface area contributed by atoms with Gasteiger partial charge in [-0.2, -0.15) is 0 Å². The first-order chi connectivity index (χ1) is 7.72. The minimum atomic E-state index is 0. The Bertz CT molecular complexity index is 359. The smallest absolute Gasteiger partial charge is 0.123 e. The predicted octanol–water partition coefficient (Wildman–Crippen LogP) is 3.66. The van der Waals surface area contributed by atoms with Crippen LogP contribution in [0.25, 0.3) is 0 Å². The molecule has 0 amide bonds. The third-order valence-electron chi connectivity index (χ3n) is 3.36. The Hall–Kier alpha value is -0.730. The highest BCUT2D eigenvalue weighted by Gasteiger charge is 2.20. The summed E-state index contributed by atoms with van der Waals surface area (Å²) in [6, 6.07) is 7.05. The van der Waals surface area contributed by atoms with Gasteiger partial charge in [0.25, 0.3) is 0 Å². The van der Waals surface area contributed by atoms with E-state index in [1.165, 1.54) is 24.0 Å². The van der Waals surface area contributed by atoms with E-state index in [2.05, 4.69) is 37.4 Å². The third-order valence-corrected chi connectivity index (χ3v) is 3.36. The lowest BCUT2D eigenvalue weighted by Crippen LogP contribution is -2.14. The molecule has 0 saturated carbocycles. The quantitative estimate of drug-likeness (QED) is 0.890. The second kappa shape index (κ2) is 6.27. The molecule has 0 spiro atoms. The Kier molecular flexibility index (Phi) is 5.29. The summed E-state index contributed by atoms with van der Waals surface area (Å²) in [4.78, 5) is 0. The van der Waals surface area contributed by atoms with Gasteiger partial charge in [0.2, 0.25) is 0 Å². The normalized spacial score (nSPS) is 19.2. The zero-order valence-electron chi connectivity index (χ0n) is 10.8. The van der Waals surface area contributed by atoms with Crippen molar-refractivity contribution < 1.29 is 4.74 Å². The van der Waals surface area contributed by atoms with Crippen molar-refractivity contribution in [3.8, 4) is 5.75 Å². The van der Waals surface area contributed by atoms with Gasteiger partial charge in [-0.15, -0.1) is 12.4 Å². The molecule has 0 radical (unpaired) electrons. The second-order valence-corrected chi connectivity index (χ2v) is 4.81. The van der Waals surface area contributed by atoms with Crippen molar-refractivity contribution in [2.24, 2.45) is 0 Å². The van der Waals surface area contributed by atoms with Crippen LogP contribution in [-0.2, 0) is 0 Å². The van der Waals surface area contributed by atoms with Crippen LogP contribution >= 0.6 is 12.4 Å². The van der Waals surface area contributed by atoms with Gasteiger partial charge in [0, 0.05) is 11.6 Å². The maximum Gasteiger partial charge on any atom is 0.123 e. The van der Waals surface area contributed by atoms with Crippen LogP contribution in [-0.4, -0.2) is 13.7 Å². The van der Waals surface area contributed by atoms with Crippen molar-refractivity contribution in [1.82, 2.24) is 5.32 Å². The van der Waals surface area contributed by atoms with Crippen LogP contribution in [0.5, 0.6) is 5.75 Å². The van der Waals surface area contributed by atoms with Crippen LogP contribution in [0.3, 0.4) is 0 Å². The fraction of sp³-hybridized carbons (Fsp3) is 0.571. The Morgan fingerprint density at radius 3 is 2.65 bits per heavy atom. The van der Waals surface area contributed by atoms with Gasteiger partial charge < -0.3 is 10.1 Å². The van der Waals surface area contributed by atoms with Gasteiger partial charge >= 0.3 is 0 Å². The van der Waals surface area contributed by atoms with Crippen molar-refractivity contribution in [3.63, 3.8) is 0 Å². The van der Waals surface area contributed by atoms with E-state index in [1.807, 2.05) is 0 Å². The molecule has 1 aliphatic rings. The second-order valence-electron chi connectivity index (χ2n) is 4.81. The number of halogens is 1. The molecule has 1 atom stereocenters. The molecule has 17 heavy (non-hydrogen) atoms. The van der Waals surface area contributed by atoms with Crippen LogP contribution in [0.4, 0.5) is 0 Å². The zero-order valence-corrected chi connectivity index (χ0v) is 11.6. The SMILES string of the molecule is COc1ccc(C(C)C)cc1[C@H]1CCCN1.Cl. The van der Waals surface area contributed by atoms with Crippen molar-refractivity contribution in [1.29, 1.82) is 0 Å². The summed E-state index contributed by atoms with van der Waals surface area (Å²) in [6.45, 7) is 5.58. The topological polar surface area (TPSA) is 21.3 Å². The summed E-state index contributed by atoms with van der Waals surface area (Å²) in [5, 5.41) is 3.53. The van der Waals surface area contributed by atoms with Crippen LogP contribution in [0, 0.1) is 0 Å². The minimum absolute atomic E-state index is 0. The highest BCUT2D eigenvalue weighted by molar-refractivity contribution is 5.85. The van der Waals surface area contributed by atoms with E-state index >= 15 is 0 Å². The summed E-state index contributed by atoms with van der Waals surface area (Å²) in [7, 11) is 1.75. The van der Waals surface area contributed by atoms with Gasteiger partial charge in [-0.05, 0) is 36.9 Å². The summed E-state index contributed by atoms with van der Waals surface area (Å²) in [5.41, 5.74) is 2.72. The minimum Gasteiger partial charge on any atom is -0.496 e. The van der Waals surface area contributed by atoms with Crippen molar-refractivity contribution in [2.75, 3.05) is 13.7 Å². The van der Waals surface area contributed by atoms with E-state index in [0.717, 1.165) is 12.3 Å². The Morgan fingerprint density at radius 2 is 2.12 bits per heavy atom. The highest BCUT2D eigenvalue weighted by atomic mass is 35.5. The number of ether oxygens (including phenoxy) is 1. The first-order valence-corrected chi connectivity index (χ1v) is 6.13. The molecule has 1 N–H and O–H groups in total. The molecule has 1 fully saturated rings. The molecule has 0 bridgehead atoms. The highest BCUT2D eigenvalue weighted by Crippen LogP contribution is 2.33. The lowest BCUT2D eigenvalue weighted by molar-refractivity contribution is 0.403. The van der Waals surface area contributed by atoms with E-state index in [0.29, 0.717) is 12.0 Å². The molecule has 1 heterocycles. The molecule has 1 aromatic carbocycles. The maximum absolute atomic E-state index is 5.45. The molecule has 2 nitrogen and oxygen atoms in total. The van der Waals surface area contributed by atoms with E-state index in [4.69, 9.17) is 4.74 Å². The molecular weight excluding hydrogens is 234 g/mol. The van der Waals surface area contributed by atoms with Crippen molar-refractivity contribution in [3.05, 3.63) is 29.3 Å². The lowest BCUT2D eigenvalue weighted by atomic mass is 9.96. The van der Waals surface area contributed by atoms with E-state index in [-0.39, 0.29) is 12.4 Å². The molecule has 2 rings (SSSR count). The standard InChI is InChI=1S/C14H21NO.ClH/c1-10(2)11-6-7-14(16-3)12(9-11)13-5-4-8-15-13;/h6-7,9-10,13,15H,4-5,8H2,1-3H3;1H/t13-;/m1./s1. The van der Waals surface area contributed by atoms with Gasteiger partial charge in [-0.25, -0.2) is 0 Å². The Labute approximate surface area is 110 Å². The van der Waals surface area contributed by atoms with Crippen LogP contribution in [0.15, 0.2) is 18.2 Å². The number of nitrogens with one attached hydrogen (secondary N) is 1. The van der Waals surface area contributed by atoms with Gasteiger partial charge in [-0.1, -0.05) is 26.0 Å². The fourth-order valence-electron chi connectivity index (χ4n) is 2.33. The van der Waals surface area contributed by atoms with E-state index < -0.39 is 0 Å². The van der Waals surface area contributed by atoms with Crippen LogP contribution in [0.1, 0.15) is 49.8 Å². The van der Waals surface area contributed by atoms with Gasteiger partial charge in [-0.3, -0.25) is 0 Å². The summed E-state index contributed by atoms with van der Waals surface area (Å²) in [5.74, 6) is 1.59. The number of rotatable bonds is 3. The predicted molar refractivity (Wildman–Crippen MR) is 74.3 cm³/mol. The van der Waals surface area contributed by atoms with E-state index in [1.54, 1.807) is 7.11 Å². The molecular formula is C14H22ClNO. The van der Waals surface area contributed by atoms with Crippen LogP contribution < -0.4 is 10.1 Å². The lowest BCUT2D eigenvalue weighted by Gasteiger charge is -2.17. The Morgan fingerprint density at radius 1 is 1.35 bits per heavy atom. The average molecular weight is 256 g/mol. The molecule has 0 aromatic heterocycles. The molecule has 0 unspecified atom stereocenters. The zero-order chi connectivity index (χ0) is 11.5. The summed E-state index contributed by atoms with van der Waals surface area (Å²) in [6.07, 6.45) is 2.48. The number of hydrogen-bond donors (Lipinski definition) is 1. The first kappa shape index (κ1) is 14.3. The number of methoxy groups -OCH3 is 1. The van der Waals surface area contributed by atoms with Crippen molar-refractivity contribution in [2.45, 2.75) is 38.6 Å². The average Bonchev–Trinajstić information content (AvgIpc) is 2.81. The molecule has 1 aliphatic heterocycles. The third kappa shape index (κ3) is 3.14. The van der Waals surface area contributed by atoms with Crippen molar-refractivity contribution >= 4 is 12.4 Å². The molecule has 1 aromatic rings. The first-order valence-electron chi connectivity index (χ1n) is 6.13. The molecule has 0 aliphatic carbocycles. The monoisotopic (exact) mass is 255 g/mol. The number of hydrogen-bond acceptors (Lipinski definition) is 2. The largest absolute Gasteiger partial charge is 0.496 e. The van der Waals surface area contributed by atoms with Gasteiger partial charge in [0.15, 0.2) is 0 Å². The number of benzene rings is 1. The van der Waals surface area contributed by atoms with Crippen LogP contribution in [0.2, 0.25) is 0 Å². The molecule has 1 saturated heterocycles. The maximum atomic E-state index is 5.45. The fourth-order valence-corrected chi connectivity index (χ4v) is 2.33. The molecule has 3 heteroatoms. The summed E-state index contributed by atoms with van der Waals surface area (Å²) >= 11 is 0. The van der Waals surface area contributed by atoms with Gasteiger partial charge in [0.1, 0.15) is 5.75 Å². The molecule has 96 valence electrons.